The average molecular weight is 593 g/mol. The molecule has 1 atom stereocenters. The molecule has 0 fully saturated rings. The SMILES string of the molecule is COc1ccc(S(=O)(=O)N(CC(=O)N(Cc2ccc(Cl)cc2)[C@H](C)C(=O)NC(C)C)c2ccc(Cl)cc2)cc1. The molecule has 1 N–H and O–H groups in total. The molecule has 0 aliphatic carbocycles. The summed E-state index contributed by atoms with van der Waals surface area (Å²) in [5, 5.41) is 3.76. The maximum Gasteiger partial charge on any atom is 0.264 e. The zero-order chi connectivity index (χ0) is 28.7. The topological polar surface area (TPSA) is 96.0 Å². The normalized spacial score (nSPS) is 12.1. The Kier molecular flexibility index (Phi) is 10.2. The molecule has 0 spiro atoms. The lowest BCUT2D eigenvalue weighted by molar-refractivity contribution is -0.139. The average Bonchev–Trinajstić information content (AvgIpc) is 2.91. The molecule has 0 bridgehead atoms. The van der Waals surface area contributed by atoms with Gasteiger partial charge in [0.15, 0.2) is 0 Å². The lowest BCUT2D eigenvalue weighted by atomic mass is 10.1. The van der Waals surface area contributed by atoms with Crippen LogP contribution in [-0.2, 0) is 26.2 Å². The van der Waals surface area contributed by atoms with Crippen LogP contribution >= 0.6 is 23.2 Å². The number of rotatable bonds is 11. The summed E-state index contributed by atoms with van der Waals surface area (Å²) in [6.45, 7) is 4.76. The molecule has 3 aromatic carbocycles. The van der Waals surface area contributed by atoms with E-state index in [0.29, 0.717) is 15.8 Å². The van der Waals surface area contributed by atoms with Crippen molar-refractivity contribution in [2.24, 2.45) is 0 Å². The molecule has 2 amide bonds. The quantitative estimate of drug-likeness (QED) is 0.333. The molecule has 0 radical (unpaired) electrons. The molecule has 0 heterocycles. The van der Waals surface area contributed by atoms with E-state index in [1.54, 1.807) is 43.3 Å². The highest BCUT2D eigenvalue weighted by atomic mass is 35.5. The standard InChI is InChI=1S/C28H31Cl2N3O5S/c1-19(2)31-28(35)20(3)32(17-21-5-7-22(29)8-6-21)27(34)18-33(24-11-9-23(30)10-12-24)39(36,37)26-15-13-25(38-4)14-16-26/h5-16,19-20H,17-18H2,1-4H3,(H,31,35)/t20-/m1/s1. The first-order chi connectivity index (χ1) is 18.4. The zero-order valence-corrected chi connectivity index (χ0v) is 24.4. The number of sulfonamides is 1. The molecule has 0 saturated carbocycles. The number of ether oxygens (including phenoxy) is 1. The van der Waals surface area contributed by atoms with Crippen LogP contribution in [0.4, 0.5) is 5.69 Å². The molecule has 208 valence electrons. The molecule has 8 nitrogen and oxygen atoms in total. The van der Waals surface area contributed by atoms with E-state index in [1.807, 2.05) is 13.8 Å². The van der Waals surface area contributed by atoms with Crippen molar-refractivity contribution in [1.29, 1.82) is 0 Å². The number of carbonyl (C=O) groups is 2. The van der Waals surface area contributed by atoms with Crippen LogP contribution in [0.2, 0.25) is 10.0 Å². The molecule has 3 aromatic rings. The second kappa shape index (κ2) is 13.2. The van der Waals surface area contributed by atoms with Crippen LogP contribution in [0.5, 0.6) is 5.75 Å². The van der Waals surface area contributed by atoms with Crippen molar-refractivity contribution in [3.8, 4) is 5.75 Å². The third kappa shape index (κ3) is 7.88. The van der Waals surface area contributed by atoms with E-state index >= 15 is 0 Å². The fourth-order valence-electron chi connectivity index (χ4n) is 3.79. The van der Waals surface area contributed by atoms with Gasteiger partial charge in [0.25, 0.3) is 10.0 Å². The van der Waals surface area contributed by atoms with Gasteiger partial charge in [-0.05, 0) is 87.0 Å². The second-order valence-corrected chi connectivity index (χ2v) is 11.9. The lowest BCUT2D eigenvalue weighted by Gasteiger charge is -2.32. The van der Waals surface area contributed by atoms with Crippen molar-refractivity contribution in [3.05, 3.63) is 88.4 Å². The largest absolute Gasteiger partial charge is 0.497 e. The van der Waals surface area contributed by atoms with Crippen LogP contribution in [0.1, 0.15) is 26.3 Å². The predicted molar refractivity (Wildman–Crippen MR) is 154 cm³/mol. The number of carbonyl (C=O) groups excluding carboxylic acids is 2. The Balaban J connectivity index is 2.02. The van der Waals surface area contributed by atoms with Gasteiger partial charge in [-0.2, -0.15) is 0 Å². The summed E-state index contributed by atoms with van der Waals surface area (Å²) in [5.41, 5.74) is 0.974. The Morgan fingerprint density at radius 1 is 0.872 bits per heavy atom. The summed E-state index contributed by atoms with van der Waals surface area (Å²) in [6.07, 6.45) is 0. The molecular formula is C28H31Cl2N3O5S. The molecule has 39 heavy (non-hydrogen) atoms. The Hall–Kier alpha value is -3.27. The first-order valence-corrected chi connectivity index (χ1v) is 14.4. The van der Waals surface area contributed by atoms with Crippen LogP contribution in [0.3, 0.4) is 0 Å². The highest BCUT2D eigenvalue weighted by Gasteiger charge is 2.32. The van der Waals surface area contributed by atoms with Crippen LogP contribution in [0, 0.1) is 0 Å². The Bertz CT molecular complexity index is 1380. The van der Waals surface area contributed by atoms with Gasteiger partial charge >= 0.3 is 0 Å². The maximum absolute atomic E-state index is 13.8. The van der Waals surface area contributed by atoms with E-state index in [-0.39, 0.29) is 29.1 Å². The second-order valence-electron chi connectivity index (χ2n) is 9.15. The summed E-state index contributed by atoms with van der Waals surface area (Å²) in [6, 6.07) is 17.9. The first-order valence-electron chi connectivity index (χ1n) is 12.2. The number of nitrogens with one attached hydrogen (secondary N) is 1. The van der Waals surface area contributed by atoms with Gasteiger partial charge in [-0.3, -0.25) is 13.9 Å². The van der Waals surface area contributed by atoms with Crippen LogP contribution in [-0.4, -0.2) is 50.9 Å². The summed E-state index contributed by atoms with van der Waals surface area (Å²) in [4.78, 5) is 28.1. The van der Waals surface area contributed by atoms with Crippen molar-refractivity contribution in [2.45, 2.75) is 44.3 Å². The van der Waals surface area contributed by atoms with Crippen molar-refractivity contribution in [3.63, 3.8) is 0 Å². The van der Waals surface area contributed by atoms with E-state index in [9.17, 15) is 18.0 Å². The summed E-state index contributed by atoms with van der Waals surface area (Å²) < 4.78 is 33.8. The van der Waals surface area contributed by atoms with Crippen molar-refractivity contribution in [2.75, 3.05) is 18.0 Å². The number of methoxy groups -OCH3 is 1. The fraction of sp³-hybridized carbons (Fsp3) is 0.286. The van der Waals surface area contributed by atoms with Gasteiger partial charge < -0.3 is 15.0 Å². The Morgan fingerprint density at radius 2 is 1.41 bits per heavy atom. The van der Waals surface area contributed by atoms with Crippen LogP contribution < -0.4 is 14.4 Å². The number of amides is 2. The molecule has 0 aliphatic heterocycles. The molecule has 3 rings (SSSR count). The highest BCUT2D eigenvalue weighted by Crippen LogP contribution is 2.27. The van der Waals surface area contributed by atoms with Crippen LogP contribution in [0.15, 0.2) is 77.7 Å². The van der Waals surface area contributed by atoms with E-state index < -0.39 is 28.5 Å². The molecule has 11 heteroatoms. The van der Waals surface area contributed by atoms with E-state index in [2.05, 4.69) is 5.32 Å². The van der Waals surface area contributed by atoms with Gasteiger partial charge in [0.1, 0.15) is 18.3 Å². The molecular weight excluding hydrogens is 561 g/mol. The molecule has 0 aromatic heterocycles. The molecule has 0 aliphatic rings. The van der Waals surface area contributed by atoms with Crippen molar-refractivity contribution < 1.29 is 22.7 Å². The first kappa shape index (κ1) is 30.3. The number of halogens is 2. The van der Waals surface area contributed by atoms with Crippen LogP contribution in [0.25, 0.3) is 0 Å². The number of benzene rings is 3. The van der Waals surface area contributed by atoms with E-state index in [4.69, 9.17) is 27.9 Å². The van der Waals surface area contributed by atoms with Gasteiger partial charge in [-0.25, -0.2) is 8.42 Å². The number of anilines is 1. The number of hydrogen-bond donors (Lipinski definition) is 1. The minimum Gasteiger partial charge on any atom is -0.497 e. The van der Waals surface area contributed by atoms with Gasteiger partial charge in [-0.15, -0.1) is 0 Å². The monoisotopic (exact) mass is 591 g/mol. The van der Waals surface area contributed by atoms with E-state index in [1.165, 1.54) is 48.4 Å². The molecule has 0 saturated heterocycles. The van der Waals surface area contributed by atoms with Crippen molar-refractivity contribution in [1.82, 2.24) is 10.2 Å². The lowest BCUT2D eigenvalue weighted by Crippen LogP contribution is -2.52. The Morgan fingerprint density at radius 3 is 1.92 bits per heavy atom. The third-order valence-electron chi connectivity index (χ3n) is 5.91. The Labute approximate surface area is 239 Å². The molecule has 0 unspecified atom stereocenters. The third-order valence-corrected chi connectivity index (χ3v) is 8.20. The van der Waals surface area contributed by atoms with Gasteiger partial charge in [-0.1, -0.05) is 35.3 Å². The zero-order valence-electron chi connectivity index (χ0n) is 22.1. The summed E-state index contributed by atoms with van der Waals surface area (Å²) >= 11 is 12.1. The van der Waals surface area contributed by atoms with Gasteiger partial charge in [0, 0.05) is 22.6 Å². The summed E-state index contributed by atoms with van der Waals surface area (Å²) in [5.74, 6) is -0.436. The number of hydrogen-bond acceptors (Lipinski definition) is 5. The minimum absolute atomic E-state index is 0.0269. The maximum atomic E-state index is 13.8. The van der Waals surface area contributed by atoms with Gasteiger partial charge in [0.05, 0.1) is 17.7 Å². The van der Waals surface area contributed by atoms with Crippen molar-refractivity contribution >= 4 is 50.7 Å². The predicted octanol–water partition coefficient (Wildman–Crippen LogP) is 5.14. The minimum atomic E-state index is -4.19. The smallest absolute Gasteiger partial charge is 0.264 e. The highest BCUT2D eigenvalue weighted by molar-refractivity contribution is 7.92. The number of nitrogens with zero attached hydrogens (tertiary/aromatic N) is 2. The van der Waals surface area contributed by atoms with E-state index in [0.717, 1.165) is 9.87 Å². The summed E-state index contributed by atoms with van der Waals surface area (Å²) in [7, 11) is -2.71. The fourth-order valence-corrected chi connectivity index (χ4v) is 5.45. The van der Waals surface area contributed by atoms with Gasteiger partial charge in [0.2, 0.25) is 11.8 Å².